The number of thiocarbonyl (C=S) groups is 1. The van der Waals surface area contributed by atoms with Gasteiger partial charge in [-0.3, -0.25) is 4.79 Å². The van der Waals surface area contributed by atoms with Gasteiger partial charge in [-0.1, -0.05) is 0 Å². The van der Waals surface area contributed by atoms with Crippen molar-refractivity contribution in [1.82, 2.24) is 10.6 Å². The third kappa shape index (κ3) is 3.52. The summed E-state index contributed by atoms with van der Waals surface area (Å²) in [6.07, 6.45) is 0. The fourth-order valence-corrected chi connectivity index (χ4v) is 4.16. The predicted octanol–water partition coefficient (Wildman–Crippen LogP) is 3.99. The summed E-state index contributed by atoms with van der Waals surface area (Å²) in [7, 11) is 0. The Labute approximate surface area is 151 Å². The zero-order valence-electron chi connectivity index (χ0n) is 12.4. The van der Waals surface area contributed by atoms with E-state index in [1.54, 1.807) is 6.92 Å². The number of allylic oxidation sites excluding steroid dienone is 1. The molecule has 0 spiro atoms. The van der Waals surface area contributed by atoms with Crippen LogP contribution in [0.1, 0.15) is 32.4 Å². The van der Waals surface area contributed by atoms with Crippen molar-refractivity contribution in [1.29, 1.82) is 0 Å². The minimum Gasteiger partial charge on any atom is -0.492 e. The lowest BCUT2D eigenvalue weighted by molar-refractivity contribution is -0.114. The highest BCUT2D eigenvalue weighted by atomic mass is 79.9. The van der Waals surface area contributed by atoms with Gasteiger partial charge >= 0.3 is 0 Å². The summed E-state index contributed by atoms with van der Waals surface area (Å²) in [6.45, 7) is 5.92. The van der Waals surface area contributed by atoms with Crippen LogP contribution in [0.15, 0.2) is 32.3 Å². The Morgan fingerprint density at radius 2 is 1.95 bits per heavy atom. The van der Waals surface area contributed by atoms with Crippen molar-refractivity contribution in [2.24, 2.45) is 0 Å². The lowest BCUT2D eigenvalue weighted by atomic mass is 9.93. The number of rotatable bonds is 4. The van der Waals surface area contributed by atoms with Gasteiger partial charge in [-0.2, -0.15) is 0 Å². The smallest absolute Gasteiger partial charge is 0.171 e. The summed E-state index contributed by atoms with van der Waals surface area (Å²) in [4.78, 5) is 12.0. The van der Waals surface area contributed by atoms with Gasteiger partial charge in [-0.25, -0.2) is 0 Å². The van der Waals surface area contributed by atoms with Gasteiger partial charge in [0.15, 0.2) is 10.9 Å². The Balaban J connectivity index is 2.52. The van der Waals surface area contributed by atoms with Gasteiger partial charge in [-0.15, -0.1) is 0 Å². The summed E-state index contributed by atoms with van der Waals surface area (Å²) in [5.74, 6) is 0.749. The summed E-state index contributed by atoms with van der Waals surface area (Å²) < 4.78 is 7.24. The second-order valence-corrected chi connectivity index (χ2v) is 6.99. The van der Waals surface area contributed by atoms with Crippen molar-refractivity contribution in [2.45, 2.75) is 26.8 Å². The van der Waals surface area contributed by atoms with Crippen molar-refractivity contribution in [2.75, 3.05) is 6.61 Å². The van der Waals surface area contributed by atoms with E-state index in [0.29, 0.717) is 17.3 Å². The van der Waals surface area contributed by atoms with Gasteiger partial charge in [0, 0.05) is 11.3 Å². The number of carbonyl (C=O) groups is 1. The highest BCUT2D eigenvalue weighted by Crippen LogP contribution is 2.38. The maximum Gasteiger partial charge on any atom is 0.171 e. The molecule has 0 amide bonds. The van der Waals surface area contributed by atoms with Crippen LogP contribution in [0.4, 0.5) is 0 Å². The monoisotopic (exact) mass is 446 g/mol. The van der Waals surface area contributed by atoms with Crippen LogP contribution >= 0.6 is 44.1 Å². The molecule has 0 bridgehead atoms. The molecule has 0 radical (unpaired) electrons. The number of nitrogens with one attached hydrogen (secondary N) is 2. The molecule has 1 aromatic rings. The molecule has 118 valence electrons. The van der Waals surface area contributed by atoms with Crippen molar-refractivity contribution in [3.05, 3.63) is 37.9 Å². The van der Waals surface area contributed by atoms with E-state index in [1.807, 2.05) is 26.0 Å². The molecule has 7 heteroatoms. The average molecular weight is 448 g/mol. The molecule has 1 unspecified atom stereocenters. The Hall–Kier alpha value is -0.920. The first-order valence-electron chi connectivity index (χ1n) is 6.76. The quantitative estimate of drug-likeness (QED) is 0.683. The van der Waals surface area contributed by atoms with Crippen molar-refractivity contribution in [3.8, 4) is 5.75 Å². The van der Waals surface area contributed by atoms with E-state index in [2.05, 4.69) is 42.5 Å². The number of Topliss-reactive ketones (excluding diaryl/α,β-unsaturated/α-hetero) is 1. The first-order valence-corrected chi connectivity index (χ1v) is 8.75. The number of carbonyl (C=O) groups excluding carboxylic acids is 1. The topological polar surface area (TPSA) is 50.4 Å². The molecular weight excluding hydrogens is 432 g/mol. The van der Waals surface area contributed by atoms with Gasteiger partial charge in [-0.05, 0) is 82.5 Å². The minimum atomic E-state index is -0.283. The number of benzene rings is 1. The third-order valence-corrected chi connectivity index (χ3v) is 4.69. The maximum absolute atomic E-state index is 12.0. The first-order chi connectivity index (χ1) is 10.3. The molecule has 0 saturated carbocycles. The lowest BCUT2D eigenvalue weighted by Gasteiger charge is -2.30. The molecule has 1 aromatic carbocycles. The van der Waals surface area contributed by atoms with Gasteiger partial charge in [0.2, 0.25) is 0 Å². The van der Waals surface area contributed by atoms with E-state index in [4.69, 9.17) is 17.0 Å². The van der Waals surface area contributed by atoms with Gasteiger partial charge in [0.05, 0.1) is 21.6 Å². The fourth-order valence-electron chi connectivity index (χ4n) is 2.44. The third-order valence-electron chi connectivity index (χ3n) is 3.29. The maximum atomic E-state index is 12.0. The molecule has 2 N–H and O–H groups in total. The fraction of sp³-hybridized carbons (Fsp3) is 0.333. The highest BCUT2D eigenvalue weighted by molar-refractivity contribution is 9.11. The van der Waals surface area contributed by atoms with Crippen LogP contribution in [0.5, 0.6) is 5.75 Å². The lowest BCUT2D eigenvalue weighted by Crippen LogP contribution is -2.44. The molecule has 1 aliphatic heterocycles. The normalized spacial score (nSPS) is 17.9. The van der Waals surface area contributed by atoms with Gasteiger partial charge in [0.25, 0.3) is 0 Å². The van der Waals surface area contributed by atoms with Crippen LogP contribution in [0.25, 0.3) is 0 Å². The molecule has 0 fully saturated rings. The van der Waals surface area contributed by atoms with Crippen LogP contribution in [0, 0.1) is 0 Å². The molecule has 1 heterocycles. The Morgan fingerprint density at radius 1 is 1.36 bits per heavy atom. The van der Waals surface area contributed by atoms with Crippen LogP contribution in [-0.2, 0) is 4.79 Å². The van der Waals surface area contributed by atoms with Gasteiger partial charge < -0.3 is 15.4 Å². The van der Waals surface area contributed by atoms with Gasteiger partial charge in [0.1, 0.15) is 5.75 Å². The van der Waals surface area contributed by atoms with Crippen LogP contribution in [-0.4, -0.2) is 17.5 Å². The molecule has 2 rings (SSSR count). The SMILES string of the molecule is CCOc1c(Br)cc(C2NC(=S)NC(C)=C2C(C)=O)cc1Br. The molecule has 1 aliphatic rings. The highest BCUT2D eigenvalue weighted by Gasteiger charge is 2.28. The Morgan fingerprint density at radius 3 is 2.45 bits per heavy atom. The molecule has 4 nitrogen and oxygen atoms in total. The Kier molecular flexibility index (Phi) is 5.63. The van der Waals surface area contributed by atoms with E-state index in [1.165, 1.54) is 0 Å². The second-order valence-electron chi connectivity index (χ2n) is 4.87. The molecule has 0 saturated heterocycles. The summed E-state index contributed by atoms with van der Waals surface area (Å²) in [5, 5.41) is 6.67. The van der Waals surface area contributed by atoms with E-state index < -0.39 is 0 Å². The molecule has 0 aromatic heterocycles. The van der Waals surface area contributed by atoms with Crippen LogP contribution in [0.3, 0.4) is 0 Å². The molecule has 22 heavy (non-hydrogen) atoms. The standard InChI is InChI=1S/C15H16Br2N2O2S/c1-4-21-14-10(16)5-9(6-11(14)17)13-12(8(3)20)7(2)18-15(22)19-13/h5-6,13H,4H2,1-3H3,(H2,18,19,22). The number of ketones is 1. The van der Waals surface area contributed by atoms with Crippen molar-refractivity contribution in [3.63, 3.8) is 0 Å². The first kappa shape index (κ1) is 17.4. The molecular formula is C15H16Br2N2O2S. The van der Waals surface area contributed by atoms with E-state index in [-0.39, 0.29) is 11.8 Å². The van der Waals surface area contributed by atoms with E-state index in [9.17, 15) is 4.79 Å². The number of hydrogen-bond donors (Lipinski definition) is 2. The minimum absolute atomic E-state index is 0.00568. The Bertz CT molecular complexity index is 651. The zero-order valence-corrected chi connectivity index (χ0v) is 16.4. The summed E-state index contributed by atoms with van der Waals surface area (Å²) in [6, 6.07) is 3.60. The van der Waals surface area contributed by atoms with E-state index >= 15 is 0 Å². The van der Waals surface area contributed by atoms with Crippen molar-refractivity contribution >= 4 is 55.0 Å². The predicted molar refractivity (Wildman–Crippen MR) is 98.0 cm³/mol. The van der Waals surface area contributed by atoms with E-state index in [0.717, 1.165) is 26.0 Å². The zero-order chi connectivity index (χ0) is 16.4. The van der Waals surface area contributed by atoms with Crippen LogP contribution < -0.4 is 15.4 Å². The second kappa shape index (κ2) is 7.10. The molecule has 0 aliphatic carbocycles. The number of hydrogen-bond acceptors (Lipinski definition) is 3. The summed E-state index contributed by atoms with van der Waals surface area (Å²) in [5.41, 5.74) is 2.38. The van der Waals surface area contributed by atoms with Crippen LogP contribution in [0.2, 0.25) is 0 Å². The number of halogens is 2. The number of ether oxygens (including phenoxy) is 1. The largest absolute Gasteiger partial charge is 0.492 e. The van der Waals surface area contributed by atoms with Crippen molar-refractivity contribution < 1.29 is 9.53 Å². The average Bonchev–Trinajstić information content (AvgIpc) is 2.41. The molecule has 1 atom stereocenters. The summed E-state index contributed by atoms with van der Waals surface area (Å²) >= 11 is 12.3.